The van der Waals surface area contributed by atoms with Gasteiger partial charge in [0, 0.05) is 5.56 Å². The topological polar surface area (TPSA) is 70.3 Å². The smallest absolute Gasteiger partial charge is 0.336 e. The van der Waals surface area contributed by atoms with E-state index < -0.39 is 11.4 Å². The molecule has 0 aliphatic rings. The van der Waals surface area contributed by atoms with Gasteiger partial charge in [0.2, 0.25) is 0 Å². The van der Waals surface area contributed by atoms with Crippen molar-refractivity contribution < 1.29 is 14.6 Å². The molecule has 0 aliphatic carbocycles. The second-order valence-corrected chi connectivity index (χ2v) is 4.83. The molecule has 0 amide bonds. The summed E-state index contributed by atoms with van der Waals surface area (Å²) in [7, 11) is 0. The first-order valence-electron chi connectivity index (χ1n) is 5.74. The van der Waals surface area contributed by atoms with E-state index in [0.29, 0.717) is 24.3 Å². The second-order valence-electron chi connectivity index (χ2n) is 4.83. The van der Waals surface area contributed by atoms with Gasteiger partial charge in [-0.25, -0.2) is 4.79 Å². The lowest BCUT2D eigenvalue weighted by Gasteiger charge is -2.16. The molecule has 4 heteroatoms. The van der Waals surface area contributed by atoms with E-state index in [9.17, 15) is 4.79 Å². The maximum Gasteiger partial charge on any atom is 0.336 e. The standard InChI is InChI=1S/C14H17NO3/c1-10-11(13(16)17)5-4-6-12(10)18-8-7-14(2,3)9-15/h4-6H,7-8H2,1-3H3,(H,16,17). The maximum atomic E-state index is 11.0. The fourth-order valence-electron chi connectivity index (χ4n) is 1.47. The molecule has 0 spiro atoms. The first-order chi connectivity index (χ1) is 8.37. The number of rotatable bonds is 5. The first kappa shape index (κ1) is 14.0. The van der Waals surface area contributed by atoms with Crippen LogP contribution in [0, 0.1) is 23.7 Å². The molecule has 0 unspecified atom stereocenters. The number of benzene rings is 1. The highest BCUT2D eigenvalue weighted by molar-refractivity contribution is 5.90. The van der Waals surface area contributed by atoms with E-state index >= 15 is 0 Å². The van der Waals surface area contributed by atoms with Crippen LogP contribution in [0.15, 0.2) is 18.2 Å². The number of nitriles is 1. The third-order valence-electron chi connectivity index (χ3n) is 2.80. The fraction of sp³-hybridized carbons (Fsp3) is 0.429. The molecule has 0 aromatic heterocycles. The van der Waals surface area contributed by atoms with Crippen LogP contribution >= 0.6 is 0 Å². The van der Waals surface area contributed by atoms with Crippen LogP contribution in [0.25, 0.3) is 0 Å². The Hall–Kier alpha value is -2.02. The van der Waals surface area contributed by atoms with Crippen LogP contribution in [0.5, 0.6) is 5.75 Å². The lowest BCUT2D eigenvalue weighted by molar-refractivity contribution is 0.0695. The van der Waals surface area contributed by atoms with Crippen LogP contribution in [0.2, 0.25) is 0 Å². The molecule has 96 valence electrons. The second kappa shape index (κ2) is 5.54. The van der Waals surface area contributed by atoms with Crippen LogP contribution in [0.1, 0.15) is 36.2 Å². The van der Waals surface area contributed by atoms with Crippen molar-refractivity contribution in [2.24, 2.45) is 5.41 Å². The number of carbonyl (C=O) groups is 1. The van der Waals surface area contributed by atoms with E-state index in [0.717, 1.165) is 0 Å². The molecule has 1 aromatic carbocycles. The number of aromatic carboxylic acids is 1. The highest BCUT2D eigenvalue weighted by atomic mass is 16.5. The Morgan fingerprint density at radius 2 is 2.17 bits per heavy atom. The van der Waals surface area contributed by atoms with Crippen molar-refractivity contribution in [3.8, 4) is 11.8 Å². The monoisotopic (exact) mass is 247 g/mol. The van der Waals surface area contributed by atoms with Gasteiger partial charge in [-0.3, -0.25) is 0 Å². The van der Waals surface area contributed by atoms with Gasteiger partial charge in [-0.15, -0.1) is 0 Å². The quantitative estimate of drug-likeness (QED) is 0.868. The van der Waals surface area contributed by atoms with Crippen molar-refractivity contribution in [3.63, 3.8) is 0 Å². The molecule has 0 saturated heterocycles. The number of hydrogen-bond acceptors (Lipinski definition) is 3. The van der Waals surface area contributed by atoms with E-state index in [1.807, 2.05) is 13.8 Å². The third kappa shape index (κ3) is 3.49. The summed E-state index contributed by atoms with van der Waals surface area (Å²) in [6, 6.07) is 7.13. The molecule has 0 heterocycles. The van der Waals surface area contributed by atoms with Gasteiger partial charge >= 0.3 is 5.97 Å². The Kier molecular flexibility index (Phi) is 4.33. The average molecular weight is 247 g/mol. The summed E-state index contributed by atoms with van der Waals surface area (Å²) >= 11 is 0. The summed E-state index contributed by atoms with van der Waals surface area (Å²) in [6.07, 6.45) is 0.597. The summed E-state index contributed by atoms with van der Waals surface area (Å²) in [5.74, 6) is -0.404. The Labute approximate surface area is 107 Å². The van der Waals surface area contributed by atoms with Crippen molar-refractivity contribution in [1.29, 1.82) is 5.26 Å². The maximum absolute atomic E-state index is 11.0. The fourth-order valence-corrected chi connectivity index (χ4v) is 1.47. The summed E-state index contributed by atoms with van der Waals surface area (Å²) in [5, 5.41) is 17.9. The lowest BCUT2D eigenvalue weighted by atomic mass is 9.92. The van der Waals surface area contributed by atoms with Crippen LogP contribution < -0.4 is 4.74 Å². The molecule has 0 fully saturated rings. The summed E-state index contributed by atoms with van der Waals surface area (Å²) in [4.78, 5) is 11.0. The van der Waals surface area contributed by atoms with Crippen LogP contribution in [0.3, 0.4) is 0 Å². The predicted octanol–water partition coefficient (Wildman–Crippen LogP) is 3.01. The molecule has 0 radical (unpaired) electrons. The van der Waals surface area contributed by atoms with E-state index in [2.05, 4.69) is 6.07 Å². The molecule has 4 nitrogen and oxygen atoms in total. The van der Waals surface area contributed by atoms with E-state index in [-0.39, 0.29) is 5.56 Å². The molecule has 0 atom stereocenters. The molecule has 0 saturated carbocycles. The SMILES string of the molecule is Cc1c(OCCC(C)(C)C#N)cccc1C(=O)O. The number of carboxylic acid groups (broad SMARTS) is 1. The van der Waals surface area contributed by atoms with Crippen molar-refractivity contribution in [2.75, 3.05) is 6.61 Å². The summed E-state index contributed by atoms with van der Waals surface area (Å²) in [5.41, 5.74) is 0.421. The Balaban J connectivity index is 2.73. The highest BCUT2D eigenvalue weighted by Gasteiger charge is 2.17. The van der Waals surface area contributed by atoms with E-state index in [4.69, 9.17) is 15.1 Å². The molecule has 0 aliphatic heterocycles. The summed E-state index contributed by atoms with van der Waals surface area (Å²) < 4.78 is 5.55. The molecular weight excluding hydrogens is 230 g/mol. The number of ether oxygens (including phenoxy) is 1. The minimum Gasteiger partial charge on any atom is -0.493 e. The van der Waals surface area contributed by atoms with Gasteiger partial charge in [0.1, 0.15) is 5.75 Å². The summed E-state index contributed by atoms with van der Waals surface area (Å²) in [6.45, 7) is 5.80. The van der Waals surface area contributed by atoms with Crippen molar-refractivity contribution in [3.05, 3.63) is 29.3 Å². The zero-order valence-corrected chi connectivity index (χ0v) is 10.9. The van der Waals surface area contributed by atoms with Gasteiger partial charge in [0.05, 0.1) is 23.7 Å². The van der Waals surface area contributed by atoms with Gasteiger partial charge in [-0.2, -0.15) is 5.26 Å². The largest absolute Gasteiger partial charge is 0.493 e. The molecule has 1 rings (SSSR count). The number of nitrogens with zero attached hydrogens (tertiary/aromatic N) is 1. The van der Waals surface area contributed by atoms with Crippen molar-refractivity contribution in [2.45, 2.75) is 27.2 Å². The lowest BCUT2D eigenvalue weighted by Crippen LogP contribution is -2.13. The number of carboxylic acids is 1. The van der Waals surface area contributed by atoms with Gasteiger partial charge in [-0.1, -0.05) is 6.07 Å². The normalized spacial score (nSPS) is 10.8. The number of hydrogen-bond donors (Lipinski definition) is 1. The van der Waals surface area contributed by atoms with Gasteiger partial charge in [0.25, 0.3) is 0 Å². The van der Waals surface area contributed by atoms with Gasteiger partial charge in [-0.05, 0) is 39.3 Å². The first-order valence-corrected chi connectivity index (χ1v) is 5.74. The van der Waals surface area contributed by atoms with Crippen molar-refractivity contribution in [1.82, 2.24) is 0 Å². The molecule has 0 bridgehead atoms. The van der Waals surface area contributed by atoms with E-state index in [1.54, 1.807) is 25.1 Å². The molecular formula is C14H17NO3. The third-order valence-corrected chi connectivity index (χ3v) is 2.80. The minimum atomic E-state index is -0.963. The van der Waals surface area contributed by atoms with Gasteiger partial charge < -0.3 is 9.84 Å². The Morgan fingerprint density at radius 3 is 2.72 bits per heavy atom. The average Bonchev–Trinajstić information content (AvgIpc) is 2.31. The van der Waals surface area contributed by atoms with Crippen LogP contribution in [-0.2, 0) is 0 Å². The zero-order chi connectivity index (χ0) is 13.8. The molecule has 1 N–H and O–H groups in total. The zero-order valence-electron chi connectivity index (χ0n) is 10.9. The molecule has 1 aromatic rings. The molecule has 18 heavy (non-hydrogen) atoms. The minimum absolute atomic E-state index is 0.243. The Bertz CT molecular complexity index is 486. The predicted molar refractivity (Wildman–Crippen MR) is 67.6 cm³/mol. The van der Waals surface area contributed by atoms with E-state index in [1.165, 1.54) is 0 Å². The Morgan fingerprint density at radius 1 is 1.50 bits per heavy atom. The van der Waals surface area contributed by atoms with Gasteiger partial charge in [0.15, 0.2) is 0 Å². The van der Waals surface area contributed by atoms with Crippen molar-refractivity contribution >= 4 is 5.97 Å². The highest BCUT2D eigenvalue weighted by Crippen LogP contribution is 2.24. The van der Waals surface area contributed by atoms with Crippen LogP contribution in [-0.4, -0.2) is 17.7 Å². The van der Waals surface area contributed by atoms with Crippen LogP contribution in [0.4, 0.5) is 0 Å².